The molecule has 0 aliphatic rings. The molecule has 0 aliphatic carbocycles. The van der Waals surface area contributed by atoms with Crippen molar-refractivity contribution >= 4 is 27.4 Å². The van der Waals surface area contributed by atoms with Crippen LogP contribution in [-0.2, 0) is 6.42 Å². The van der Waals surface area contributed by atoms with Gasteiger partial charge in [0.05, 0.1) is 17.2 Å². The number of aromatic amines is 1. The SMILES string of the molecule is Cc1cc2c(NCCCc3ccc(-c4cc[nH]c(=O)c4)cc3)nc(-c3ccoc3)nc2s1. The van der Waals surface area contributed by atoms with Gasteiger partial charge in [-0.15, -0.1) is 11.3 Å². The third-order valence-corrected chi connectivity index (χ3v) is 6.24. The number of anilines is 1. The van der Waals surface area contributed by atoms with E-state index in [1.54, 1.807) is 36.1 Å². The molecule has 0 amide bonds. The zero-order valence-corrected chi connectivity index (χ0v) is 18.4. The molecule has 6 nitrogen and oxygen atoms in total. The lowest BCUT2D eigenvalue weighted by Crippen LogP contribution is -2.06. The highest BCUT2D eigenvalue weighted by atomic mass is 32.1. The van der Waals surface area contributed by atoms with Crippen molar-refractivity contribution in [3.05, 3.63) is 88.0 Å². The Morgan fingerprint density at radius 2 is 1.91 bits per heavy atom. The number of hydrogen-bond donors (Lipinski definition) is 2. The maximum absolute atomic E-state index is 11.5. The standard InChI is InChI=1S/C25H22N4O2S/c1-16-13-21-24(28-23(29-25(21)32-16)20-9-12-31-15-20)27-10-2-3-17-4-6-18(7-5-17)19-8-11-26-22(30)14-19/h4-9,11-15H,2-3,10H2,1H3,(H,26,30)(H,27,28,29). The van der Waals surface area contributed by atoms with Crippen LogP contribution in [0.2, 0.25) is 0 Å². The number of pyridine rings is 1. The lowest BCUT2D eigenvalue weighted by molar-refractivity contribution is 0.568. The molecule has 32 heavy (non-hydrogen) atoms. The zero-order valence-electron chi connectivity index (χ0n) is 17.6. The van der Waals surface area contributed by atoms with E-state index in [-0.39, 0.29) is 5.56 Å². The predicted octanol–water partition coefficient (Wildman–Crippen LogP) is 5.66. The number of nitrogens with one attached hydrogen (secondary N) is 2. The number of aryl methyl sites for hydroxylation is 2. The fraction of sp³-hybridized carbons (Fsp3) is 0.160. The fourth-order valence-electron chi connectivity index (χ4n) is 3.68. The molecule has 0 atom stereocenters. The van der Waals surface area contributed by atoms with Gasteiger partial charge in [0, 0.05) is 23.7 Å². The number of nitrogens with zero attached hydrogens (tertiary/aromatic N) is 2. The maximum atomic E-state index is 11.5. The van der Waals surface area contributed by atoms with E-state index in [1.165, 1.54) is 10.4 Å². The molecule has 0 aliphatic heterocycles. The third kappa shape index (κ3) is 4.33. The van der Waals surface area contributed by atoms with Crippen LogP contribution in [0.3, 0.4) is 0 Å². The van der Waals surface area contributed by atoms with Crippen LogP contribution in [0.4, 0.5) is 5.82 Å². The van der Waals surface area contributed by atoms with Crippen molar-refractivity contribution in [2.75, 3.05) is 11.9 Å². The molecule has 4 heterocycles. The number of thiophene rings is 1. The van der Waals surface area contributed by atoms with Crippen molar-refractivity contribution in [3.8, 4) is 22.5 Å². The summed E-state index contributed by atoms with van der Waals surface area (Å²) in [4.78, 5) is 25.8. The number of hydrogen-bond acceptors (Lipinski definition) is 6. The van der Waals surface area contributed by atoms with E-state index in [9.17, 15) is 4.79 Å². The molecule has 0 bridgehead atoms. The van der Waals surface area contributed by atoms with Gasteiger partial charge in [-0.3, -0.25) is 4.79 Å². The Morgan fingerprint density at radius 1 is 1.03 bits per heavy atom. The van der Waals surface area contributed by atoms with Crippen LogP contribution < -0.4 is 10.9 Å². The summed E-state index contributed by atoms with van der Waals surface area (Å²) < 4.78 is 5.20. The summed E-state index contributed by atoms with van der Waals surface area (Å²) in [5.41, 5.74) is 4.02. The second-order valence-electron chi connectivity index (χ2n) is 7.65. The minimum atomic E-state index is -0.0896. The molecule has 0 saturated heterocycles. The lowest BCUT2D eigenvalue weighted by atomic mass is 10.0. The second-order valence-corrected chi connectivity index (χ2v) is 8.89. The summed E-state index contributed by atoms with van der Waals surface area (Å²) in [6, 6.07) is 15.9. The van der Waals surface area contributed by atoms with Crippen LogP contribution in [0, 0.1) is 6.92 Å². The fourth-order valence-corrected chi connectivity index (χ4v) is 4.56. The summed E-state index contributed by atoms with van der Waals surface area (Å²) in [6.07, 6.45) is 6.90. The second kappa shape index (κ2) is 8.80. The zero-order chi connectivity index (χ0) is 21.9. The quantitative estimate of drug-likeness (QED) is 0.318. The van der Waals surface area contributed by atoms with Gasteiger partial charge in [-0.05, 0) is 54.7 Å². The van der Waals surface area contributed by atoms with E-state index in [1.807, 2.05) is 12.1 Å². The van der Waals surface area contributed by atoms with Crippen molar-refractivity contribution in [2.24, 2.45) is 0 Å². The first-order valence-electron chi connectivity index (χ1n) is 10.5. The highest BCUT2D eigenvalue weighted by Gasteiger charge is 2.12. The molecule has 5 aromatic rings. The normalized spacial score (nSPS) is 11.2. The lowest BCUT2D eigenvalue weighted by Gasteiger charge is -2.09. The van der Waals surface area contributed by atoms with Crippen LogP contribution >= 0.6 is 11.3 Å². The Labute approximate surface area is 189 Å². The molecule has 160 valence electrons. The molecule has 0 saturated carbocycles. The topological polar surface area (TPSA) is 83.8 Å². The van der Waals surface area contributed by atoms with Crippen LogP contribution in [-0.4, -0.2) is 21.5 Å². The number of H-pyrrole nitrogens is 1. The van der Waals surface area contributed by atoms with Gasteiger partial charge in [0.25, 0.3) is 0 Å². The summed E-state index contributed by atoms with van der Waals surface area (Å²) in [5.74, 6) is 1.53. The third-order valence-electron chi connectivity index (χ3n) is 5.29. The Hall–Kier alpha value is -3.71. The molecule has 5 rings (SSSR count). The van der Waals surface area contributed by atoms with Crippen LogP contribution in [0.15, 0.2) is 76.5 Å². The van der Waals surface area contributed by atoms with Gasteiger partial charge in [-0.1, -0.05) is 24.3 Å². The van der Waals surface area contributed by atoms with Gasteiger partial charge in [-0.25, -0.2) is 9.97 Å². The van der Waals surface area contributed by atoms with Gasteiger partial charge >= 0.3 is 0 Å². The highest BCUT2D eigenvalue weighted by Crippen LogP contribution is 2.31. The molecular weight excluding hydrogens is 420 g/mol. The maximum Gasteiger partial charge on any atom is 0.248 e. The largest absolute Gasteiger partial charge is 0.472 e. The smallest absolute Gasteiger partial charge is 0.248 e. The summed E-state index contributed by atoms with van der Waals surface area (Å²) in [7, 11) is 0. The minimum Gasteiger partial charge on any atom is -0.472 e. The molecular formula is C25H22N4O2S. The van der Waals surface area contributed by atoms with E-state index in [0.29, 0.717) is 5.82 Å². The minimum absolute atomic E-state index is 0.0896. The van der Waals surface area contributed by atoms with Crippen LogP contribution in [0.5, 0.6) is 0 Å². The van der Waals surface area contributed by atoms with E-state index < -0.39 is 0 Å². The molecule has 0 radical (unpaired) electrons. The predicted molar refractivity (Wildman–Crippen MR) is 129 cm³/mol. The Balaban J connectivity index is 1.25. The Kier molecular flexibility index (Phi) is 5.56. The van der Waals surface area contributed by atoms with Gasteiger partial charge in [0.1, 0.15) is 16.9 Å². The van der Waals surface area contributed by atoms with Gasteiger partial charge in [0.2, 0.25) is 5.56 Å². The van der Waals surface area contributed by atoms with Crippen molar-refractivity contribution in [2.45, 2.75) is 19.8 Å². The van der Waals surface area contributed by atoms with Crippen LogP contribution in [0.25, 0.3) is 32.7 Å². The molecule has 0 spiro atoms. The summed E-state index contributed by atoms with van der Waals surface area (Å²) >= 11 is 1.67. The summed E-state index contributed by atoms with van der Waals surface area (Å²) in [6.45, 7) is 2.89. The number of aromatic nitrogens is 3. The average Bonchev–Trinajstić information content (AvgIpc) is 3.46. The molecule has 0 unspecified atom stereocenters. The van der Waals surface area contributed by atoms with Crippen molar-refractivity contribution in [1.82, 2.24) is 15.0 Å². The number of benzene rings is 1. The van der Waals surface area contributed by atoms with E-state index in [0.717, 1.165) is 52.1 Å². The number of furan rings is 1. The first-order chi connectivity index (χ1) is 15.7. The van der Waals surface area contributed by atoms with E-state index in [4.69, 9.17) is 14.4 Å². The molecule has 7 heteroatoms. The van der Waals surface area contributed by atoms with Gasteiger partial charge in [-0.2, -0.15) is 0 Å². The van der Waals surface area contributed by atoms with Gasteiger partial charge < -0.3 is 14.7 Å². The monoisotopic (exact) mass is 442 g/mol. The van der Waals surface area contributed by atoms with Crippen molar-refractivity contribution < 1.29 is 4.42 Å². The molecule has 2 N–H and O–H groups in total. The van der Waals surface area contributed by atoms with Crippen LogP contribution in [0.1, 0.15) is 16.9 Å². The number of rotatable bonds is 7. The van der Waals surface area contributed by atoms with Gasteiger partial charge in [0.15, 0.2) is 5.82 Å². The van der Waals surface area contributed by atoms with Crippen molar-refractivity contribution in [1.29, 1.82) is 0 Å². The van der Waals surface area contributed by atoms with E-state index in [2.05, 4.69) is 47.6 Å². The van der Waals surface area contributed by atoms with Crippen molar-refractivity contribution in [3.63, 3.8) is 0 Å². The highest BCUT2D eigenvalue weighted by molar-refractivity contribution is 7.18. The number of fused-ring (bicyclic) bond motifs is 1. The first kappa shape index (κ1) is 20.2. The molecule has 0 fully saturated rings. The van der Waals surface area contributed by atoms with E-state index >= 15 is 0 Å². The Morgan fingerprint density at radius 3 is 2.69 bits per heavy atom. The first-order valence-corrected chi connectivity index (χ1v) is 11.3. The average molecular weight is 443 g/mol. The molecule has 4 aromatic heterocycles. The summed E-state index contributed by atoms with van der Waals surface area (Å²) in [5, 5.41) is 4.56. The molecule has 1 aromatic carbocycles. The Bertz CT molecular complexity index is 1400.